The number of para-hydroxylation sites is 1. The van der Waals surface area contributed by atoms with Crippen molar-refractivity contribution in [2.24, 2.45) is 0 Å². The molecule has 0 bridgehead atoms. The fraction of sp³-hybridized carbons (Fsp3) is 0.267. The molecule has 3 aromatic rings. The van der Waals surface area contributed by atoms with Crippen LogP contribution in [0.3, 0.4) is 0 Å². The lowest BCUT2D eigenvalue weighted by molar-refractivity contribution is 0.0942. The molecule has 0 spiro atoms. The van der Waals surface area contributed by atoms with Gasteiger partial charge < -0.3 is 9.88 Å². The number of hydrogen-bond donors (Lipinski definition) is 2. The zero-order valence-electron chi connectivity index (χ0n) is 11.8. The van der Waals surface area contributed by atoms with Crippen LogP contribution in [0.15, 0.2) is 36.5 Å². The largest absolute Gasteiger partial charge is 0.349 e. The number of hydrogen-bond acceptors (Lipinski definition) is 3. The number of aromatic nitrogens is 4. The first-order valence-corrected chi connectivity index (χ1v) is 6.95. The summed E-state index contributed by atoms with van der Waals surface area (Å²) in [6, 6.07) is 10.4. The molecule has 0 radical (unpaired) electrons. The van der Waals surface area contributed by atoms with E-state index in [9.17, 15) is 4.79 Å². The Labute approximate surface area is 122 Å². The highest BCUT2D eigenvalue weighted by molar-refractivity contribution is 5.90. The van der Waals surface area contributed by atoms with E-state index in [1.165, 1.54) is 10.9 Å². The Morgan fingerprint density at radius 1 is 1.33 bits per heavy atom. The Kier molecular flexibility index (Phi) is 3.68. The fourth-order valence-electron chi connectivity index (χ4n) is 2.31. The molecule has 3 rings (SSSR count). The van der Waals surface area contributed by atoms with Crippen LogP contribution in [0.5, 0.6) is 0 Å². The summed E-state index contributed by atoms with van der Waals surface area (Å²) in [5, 5.41) is 10.5. The Bertz CT molecular complexity index is 758. The van der Waals surface area contributed by atoms with Gasteiger partial charge in [0.2, 0.25) is 5.82 Å². The van der Waals surface area contributed by atoms with E-state index in [1.54, 1.807) is 6.92 Å². The lowest BCUT2D eigenvalue weighted by atomic mass is 10.2. The van der Waals surface area contributed by atoms with Gasteiger partial charge in [-0.2, -0.15) is 0 Å². The number of nitrogens with one attached hydrogen (secondary N) is 2. The van der Waals surface area contributed by atoms with Gasteiger partial charge in [-0.1, -0.05) is 18.2 Å². The number of carbonyl (C=O) groups is 1. The fourth-order valence-corrected chi connectivity index (χ4v) is 2.31. The highest BCUT2D eigenvalue weighted by atomic mass is 16.2. The maximum atomic E-state index is 11.8. The SMILES string of the molecule is Cc1nc(C(=O)NCCCn2ccc3ccccc32)n[nH]1. The van der Waals surface area contributed by atoms with E-state index in [0.717, 1.165) is 13.0 Å². The van der Waals surface area contributed by atoms with Crippen LogP contribution in [0.2, 0.25) is 0 Å². The van der Waals surface area contributed by atoms with Crippen LogP contribution in [0.4, 0.5) is 0 Å². The number of carbonyl (C=O) groups excluding carboxylic acids is 1. The third-order valence-electron chi connectivity index (χ3n) is 3.34. The molecular formula is C15H17N5O. The molecule has 0 aliphatic heterocycles. The van der Waals surface area contributed by atoms with E-state index in [-0.39, 0.29) is 11.7 Å². The summed E-state index contributed by atoms with van der Waals surface area (Å²) >= 11 is 0. The summed E-state index contributed by atoms with van der Waals surface area (Å²) in [5.41, 5.74) is 1.22. The maximum Gasteiger partial charge on any atom is 0.290 e. The second-order valence-electron chi connectivity index (χ2n) is 4.92. The molecule has 6 heteroatoms. The molecule has 0 aliphatic carbocycles. The van der Waals surface area contributed by atoms with Gasteiger partial charge in [-0.15, -0.1) is 5.10 Å². The van der Waals surface area contributed by atoms with Crippen molar-refractivity contribution in [3.8, 4) is 0 Å². The number of rotatable bonds is 5. The van der Waals surface area contributed by atoms with Crippen molar-refractivity contribution in [1.82, 2.24) is 25.1 Å². The molecule has 0 fully saturated rings. The third kappa shape index (κ3) is 2.94. The van der Waals surface area contributed by atoms with Crippen LogP contribution < -0.4 is 5.32 Å². The molecule has 2 N–H and O–H groups in total. The van der Waals surface area contributed by atoms with Crippen molar-refractivity contribution >= 4 is 16.8 Å². The van der Waals surface area contributed by atoms with Crippen molar-refractivity contribution in [2.45, 2.75) is 19.9 Å². The van der Waals surface area contributed by atoms with Gasteiger partial charge in [-0.3, -0.25) is 9.89 Å². The van der Waals surface area contributed by atoms with E-state index in [1.807, 2.05) is 12.1 Å². The Morgan fingerprint density at radius 3 is 3.00 bits per heavy atom. The number of amides is 1. The third-order valence-corrected chi connectivity index (χ3v) is 3.34. The average molecular weight is 283 g/mol. The van der Waals surface area contributed by atoms with Gasteiger partial charge in [0.05, 0.1) is 0 Å². The van der Waals surface area contributed by atoms with Crippen LogP contribution in [0.1, 0.15) is 22.9 Å². The van der Waals surface area contributed by atoms with Crippen molar-refractivity contribution in [2.75, 3.05) is 6.54 Å². The molecule has 21 heavy (non-hydrogen) atoms. The molecule has 6 nitrogen and oxygen atoms in total. The van der Waals surface area contributed by atoms with E-state index in [2.05, 4.69) is 49.5 Å². The number of nitrogens with zero attached hydrogens (tertiary/aromatic N) is 3. The zero-order valence-corrected chi connectivity index (χ0v) is 11.8. The summed E-state index contributed by atoms with van der Waals surface area (Å²) in [6.07, 6.45) is 2.93. The maximum absolute atomic E-state index is 11.8. The number of aromatic amines is 1. The van der Waals surface area contributed by atoms with Crippen LogP contribution in [0, 0.1) is 6.92 Å². The summed E-state index contributed by atoms with van der Waals surface area (Å²) in [7, 11) is 0. The quantitative estimate of drug-likeness (QED) is 0.702. The smallest absolute Gasteiger partial charge is 0.290 e. The minimum Gasteiger partial charge on any atom is -0.349 e. The number of fused-ring (bicyclic) bond motifs is 1. The van der Waals surface area contributed by atoms with Crippen molar-refractivity contribution in [1.29, 1.82) is 0 Å². The number of benzene rings is 1. The zero-order chi connectivity index (χ0) is 14.7. The van der Waals surface area contributed by atoms with E-state index in [4.69, 9.17) is 0 Å². The molecule has 0 saturated heterocycles. The second kappa shape index (κ2) is 5.78. The normalized spacial score (nSPS) is 10.9. The van der Waals surface area contributed by atoms with Crippen LogP contribution in [-0.4, -0.2) is 32.2 Å². The van der Waals surface area contributed by atoms with E-state index < -0.39 is 0 Å². The lowest BCUT2D eigenvalue weighted by Gasteiger charge is -2.06. The van der Waals surface area contributed by atoms with E-state index in [0.29, 0.717) is 12.4 Å². The minimum atomic E-state index is -0.239. The Morgan fingerprint density at radius 2 is 2.19 bits per heavy atom. The summed E-state index contributed by atoms with van der Waals surface area (Å²) < 4.78 is 2.19. The van der Waals surface area contributed by atoms with Gasteiger partial charge in [0.25, 0.3) is 5.91 Å². The van der Waals surface area contributed by atoms with Gasteiger partial charge >= 0.3 is 0 Å². The summed E-state index contributed by atoms with van der Waals surface area (Å²) in [5.74, 6) is 0.592. The molecular weight excluding hydrogens is 266 g/mol. The topological polar surface area (TPSA) is 75.6 Å². The van der Waals surface area contributed by atoms with Gasteiger partial charge in [-0.05, 0) is 30.9 Å². The van der Waals surface area contributed by atoms with Gasteiger partial charge in [-0.25, -0.2) is 4.98 Å². The van der Waals surface area contributed by atoms with Crippen molar-refractivity contribution in [3.63, 3.8) is 0 Å². The first-order chi connectivity index (χ1) is 10.2. The standard InChI is InChI=1S/C15H17N5O/c1-11-17-14(19-18-11)15(21)16-8-4-9-20-10-7-12-5-2-3-6-13(12)20/h2-3,5-7,10H,4,8-9H2,1H3,(H,16,21)(H,17,18,19). The second-order valence-corrected chi connectivity index (χ2v) is 4.92. The van der Waals surface area contributed by atoms with Crippen molar-refractivity contribution < 1.29 is 4.79 Å². The highest BCUT2D eigenvalue weighted by Crippen LogP contribution is 2.15. The predicted molar refractivity (Wildman–Crippen MR) is 80.0 cm³/mol. The molecule has 0 aliphatic rings. The lowest BCUT2D eigenvalue weighted by Crippen LogP contribution is -2.26. The number of H-pyrrole nitrogens is 1. The molecule has 108 valence electrons. The molecule has 0 atom stereocenters. The molecule has 1 amide bonds. The van der Waals surface area contributed by atoms with Gasteiger partial charge in [0.1, 0.15) is 5.82 Å². The average Bonchev–Trinajstić information content (AvgIpc) is 3.10. The molecule has 1 aromatic carbocycles. The van der Waals surface area contributed by atoms with E-state index >= 15 is 0 Å². The molecule has 2 aromatic heterocycles. The van der Waals surface area contributed by atoms with Crippen molar-refractivity contribution in [3.05, 3.63) is 48.2 Å². The predicted octanol–water partition coefficient (Wildman–Crippen LogP) is 1.89. The number of aryl methyl sites for hydroxylation is 2. The van der Waals surface area contributed by atoms with Crippen LogP contribution in [-0.2, 0) is 6.54 Å². The van der Waals surface area contributed by atoms with Gasteiger partial charge in [0, 0.05) is 24.8 Å². The monoisotopic (exact) mass is 283 g/mol. The Balaban J connectivity index is 1.51. The Hall–Kier alpha value is -2.63. The molecule has 0 saturated carbocycles. The summed E-state index contributed by atoms with van der Waals surface area (Å²) in [6.45, 7) is 3.22. The first kappa shape index (κ1) is 13.4. The van der Waals surface area contributed by atoms with Gasteiger partial charge in [0.15, 0.2) is 0 Å². The molecule has 2 heterocycles. The molecule has 0 unspecified atom stereocenters. The van der Waals surface area contributed by atoms with Crippen LogP contribution >= 0.6 is 0 Å². The highest BCUT2D eigenvalue weighted by Gasteiger charge is 2.09. The summed E-state index contributed by atoms with van der Waals surface area (Å²) in [4.78, 5) is 15.8. The minimum absolute atomic E-state index is 0.193. The van der Waals surface area contributed by atoms with Crippen LogP contribution in [0.25, 0.3) is 10.9 Å². The first-order valence-electron chi connectivity index (χ1n) is 6.95.